The second kappa shape index (κ2) is 5.92. The van der Waals surface area contributed by atoms with Crippen molar-refractivity contribution in [2.45, 2.75) is 6.54 Å². The van der Waals surface area contributed by atoms with Crippen LogP contribution in [0.2, 0.25) is 0 Å². The predicted octanol–water partition coefficient (Wildman–Crippen LogP) is 4.12. The van der Waals surface area contributed by atoms with Crippen LogP contribution < -0.4 is 9.64 Å². The molecule has 1 aliphatic heterocycles. The van der Waals surface area contributed by atoms with Crippen LogP contribution in [0.3, 0.4) is 0 Å². The van der Waals surface area contributed by atoms with Crippen molar-refractivity contribution in [3.05, 3.63) is 55.8 Å². The maximum absolute atomic E-state index is 13.5. The summed E-state index contributed by atoms with van der Waals surface area (Å²) >= 11 is 5.46. The lowest BCUT2D eigenvalue weighted by Gasteiger charge is -2.29. The molecule has 1 amide bonds. The van der Waals surface area contributed by atoms with Crippen molar-refractivity contribution in [2.75, 3.05) is 11.5 Å². The first-order chi connectivity index (χ1) is 10.0. The Bertz CT molecular complexity index is 703. The Morgan fingerprint density at radius 1 is 1.29 bits per heavy atom. The van der Waals surface area contributed by atoms with Crippen molar-refractivity contribution in [2.24, 2.45) is 0 Å². The van der Waals surface area contributed by atoms with E-state index < -0.39 is 0 Å². The van der Waals surface area contributed by atoms with Crippen molar-refractivity contribution in [1.29, 1.82) is 0 Å². The van der Waals surface area contributed by atoms with Gasteiger partial charge in [0.1, 0.15) is 11.6 Å². The first-order valence-electron chi connectivity index (χ1n) is 6.20. The molecule has 2 aromatic rings. The molecule has 0 fully saturated rings. The van der Waals surface area contributed by atoms with E-state index in [1.54, 1.807) is 11.0 Å². The van der Waals surface area contributed by atoms with Crippen molar-refractivity contribution < 1.29 is 13.9 Å². The predicted molar refractivity (Wildman–Crippen MR) is 89.9 cm³/mol. The van der Waals surface area contributed by atoms with Gasteiger partial charge in [0.15, 0.2) is 6.61 Å². The summed E-state index contributed by atoms with van der Waals surface area (Å²) in [6, 6.07) is 10.3. The van der Waals surface area contributed by atoms with Gasteiger partial charge < -0.3 is 9.64 Å². The lowest BCUT2D eigenvalue weighted by atomic mass is 10.1. The van der Waals surface area contributed by atoms with Gasteiger partial charge in [0.25, 0.3) is 5.91 Å². The minimum absolute atomic E-state index is 0.00355. The van der Waals surface area contributed by atoms with E-state index in [9.17, 15) is 9.18 Å². The van der Waals surface area contributed by atoms with Crippen LogP contribution in [-0.2, 0) is 11.3 Å². The molecule has 0 saturated heterocycles. The highest BCUT2D eigenvalue weighted by molar-refractivity contribution is 14.1. The zero-order valence-corrected chi connectivity index (χ0v) is 14.5. The van der Waals surface area contributed by atoms with Crippen LogP contribution in [0.4, 0.5) is 10.1 Å². The van der Waals surface area contributed by atoms with Gasteiger partial charge in [-0.15, -0.1) is 0 Å². The molecule has 0 bridgehead atoms. The number of rotatable bonds is 2. The fraction of sp³-hybridized carbons (Fsp3) is 0.133. The normalized spacial score (nSPS) is 13.9. The zero-order chi connectivity index (χ0) is 15.0. The summed E-state index contributed by atoms with van der Waals surface area (Å²) in [7, 11) is 0. The van der Waals surface area contributed by atoms with Crippen molar-refractivity contribution in [1.82, 2.24) is 0 Å². The molecule has 2 aromatic carbocycles. The summed E-state index contributed by atoms with van der Waals surface area (Å²) in [6.07, 6.45) is 0. The third kappa shape index (κ3) is 3.21. The monoisotopic (exact) mass is 461 g/mol. The van der Waals surface area contributed by atoms with Crippen LogP contribution in [0.5, 0.6) is 5.75 Å². The maximum atomic E-state index is 13.5. The van der Waals surface area contributed by atoms with Gasteiger partial charge in [-0.3, -0.25) is 4.79 Å². The number of benzene rings is 2. The molecule has 3 rings (SSSR count). The molecule has 1 heterocycles. The molecule has 0 spiro atoms. The summed E-state index contributed by atoms with van der Waals surface area (Å²) in [5.74, 6) is 0.212. The number of carbonyl (C=O) groups excluding carboxylic acids is 1. The molecule has 3 nitrogen and oxygen atoms in total. The fourth-order valence-electron chi connectivity index (χ4n) is 2.24. The molecule has 21 heavy (non-hydrogen) atoms. The summed E-state index contributed by atoms with van der Waals surface area (Å²) in [4.78, 5) is 13.7. The summed E-state index contributed by atoms with van der Waals surface area (Å²) in [5.41, 5.74) is 1.44. The maximum Gasteiger partial charge on any atom is 0.265 e. The van der Waals surface area contributed by atoms with Crippen LogP contribution in [-0.4, -0.2) is 12.5 Å². The minimum atomic E-state index is -0.331. The smallest absolute Gasteiger partial charge is 0.265 e. The molecule has 0 atom stereocenters. The number of fused-ring (bicyclic) bond motifs is 1. The van der Waals surface area contributed by atoms with Crippen LogP contribution in [0.15, 0.2) is 40.9 Å². The van der Waals surface area contributed by atoms with E-state index in [0.717, 1.165) is 9.13 Å². The van der Waals surface area contributed by atoms with Gasteiger partial charge in [0, 0.05) is 8.04 Å². The Labute approximate surface area is 143 Å². The topological polar surface area (TPSA) is 29.5 Å². The average molecular weight is 462 g/mol. The van der Waals surface area contributed by atoms with Gasteiger partial charge in [-0.1, -0.05) is 15.9 Å². The Morgan fingerprint density at radius 2 is 2.10 bits per heavy atom. The van der Waals surface area contributed by atoms with Crippen LogP contribution >= 0.6 is 38.5 Å². The van der Waals surface area contributed by atoms with E-state index in [0.29, 0.717) is 22.5 Å². The lowest BCUT2D eigenvalue weighted by Crippen LogP contribution is -2.38. The van der Waals surface area contributed by atoms with E-state index in [4.69, 9.17) is 4.74 Å². The van der Waals surface area contributed by atoms with Gasteiger partial charge in [0.2, 0.25) is 0 Å². The second-order valence-electron chi connectivity index (χ2n) is 4.66. The molecular formula is C15H10BrFINO2. The number of carbonyl (C=O) groups is 1. The molecule has 0 radical (unpaired) electrons. The van der Waals surface area contributed by atoms with Crippen molar-refractivity contribution in [3.8, 4) is 5.75 Å². The van der Waals surface area contributed by atoms with E-state index >= 15 is 0 Å². The molecule has 0 aliphatic carbocycles. The Kier molecular flexibility index (Phi) is 4.17. The van der Waals surface area contributed by atoms with E-state index in [1.165, 1.54) is 12.1 Å². The quantitative estimate of drug-likeness (QED) is 0.629. The summed E-state index contributed by atoms with van der Waals surface area (Å²) in [6.45, 7) is 0.315. The molecule has 0 N–H and O–H groups in total. The van der Waals surface area contributed by atoms with Gasteiger partial charge >= 0.3 is 0 Å². The van der Waals surface area contributed by atoms with Crippen molar-refractivity contribution in [3.63, 3.8) is 0 Å². The van der Waals surface area contributed by atoms with Crippen LogP contribution in [0.25, 0.3) is 0 Å². The fourth-order valence-corrected chi connectivity index (χ4v) is 3.21. The van der Waals surface area contributed by atoms with Gasteiger partial charge in [-0.25, -0.2) is 4.39 Å². The third-order valence-corrected chi connectivity index (χ3v) is 4.26. The molecule has 1 aliphatic rings. The highest BCUT2D eigenvalue weighted by Crippen LogP contribution is 2.34. The first kappa shape index (κ1) is 14.8. The standard InChI is InChI=1S/C15H10BrFINO2/c16-10-3-9(4-11(17)5-10)7-19-13-2-1-12(18)6-14(13)21-8-15(19)20/h1-6H,7-8H2. The SMILES string of the molecule is O=C1COc2cc(I)ccc2N1Cc1cc(F)cc(Br)c1. The number of hydrogen-bond donors (Lipinski definition) is 0. The van der Waals surface area contributed by atoms with Gasteiger partial charge in [-0.2, -0.15) is 0 Å². The Morgan fingerprint density at radius 3 is 2.86 bits per heavy atom. The zero-order valence-electron chi connectivity index (χ0n) is 10.8. The van der Waals surface area contributed by atoms with Gasteiger partial charge in [-0.05, 0) is 64.6 Å². The number of hydrogen-bond acceptors (Lipinski definition) is 2. The third-order valence-electron chi connectivity index (χ3n) is 3.13. The van der Waals surface area contributed by atoms with E-state index in [2.05, 4.69) is 38.5 Å². The second-order valence-corrected chi connectivity index (χ2v) is 6.82. The minimum Gasteiger partial charge on any atom is -0.482 e. The highest BCUT2D eigenvalue weighted by Gasteiger charge is 2.25. The number of ether oxygens (including phenoxy) is 1. The number of amides is 1. The molecular weight excluding hydrogens is 452 g/mol. The Balaban J connectivity index is 1.96. The largest absolute Gasteiger partial charge is 0.482 e. The van der Waals surface area contributed by atoms with Crippen LogP contribution in [0.1, 0.15) is 5.56 Å². The average Bonchev–Trinajstić information content (AvgIpc) is 2.41. The summed E-state index contributed by atoms with van der Waals surface area (Å²) < 4.78 is 20.6. The Hall–Kier alpha value is -1.15. The number of nitrogens with zero attached hydrogens (tertiary/aromatic N) is 1. The molecule has 0 aromatic heterocycles. The molecule has 0 saturated carbocycles. The number of anilines is 1. The molecule has 6 heteroatoms. The first-order valence-corrected chi connectivity index (χ1v) is 8.08. The number of halogens is 3. The van der Waals surface area contributed by atoms with Crippen molar-refractivity contribution >= 4 is 50.1 Å². The summed E-state index contributed by atoms with van der Waals surface area (Å²) in [5, 5.41) is 0. The lowest BCUT2D eigenvalue weighted by molar-refractivity contribution is -0.121. The van der Waals surface area contributed by atoms with Crippen LogP contribution in [0, 0.1) is 9.39 Å². The molecule has 0 unspecified atom stereocenters. The van der Waals surface area contributed by atoms with E-state index in [1.807, 2.05) is 18.2 Å². The van der Waals surface area contributed by atoms with Gasteiger partial charge in [0.05, 0.1) is 12.2 Å². The van der Waals surface area contributed by atoms with E-state index in [-0.39, 0.29) is 18.3 Å². The highest BCUT2D eigenvalue weighted by atomic mass is 127. The molecule has 108 valence electrons.